The first-order valence-corrected chi connectivity index (χ1v) is 9.90. The fourth-order valence-corrected chi connectivity index (χ4v) is 2.82. The number of carbonyl (C=O) groups is 2. The molecule has 0 rings (SSSR count). The van der Waals surface area contributed by atoms with Crippen molar-refractivity contribution in [1.29, 1.82) is 0 Å². The maximum atomic E-state index is 11.8. The Morgan fingerprint density at radius 1 is 0.833 bits per heavy atom. The third kappa shape index (κ3) is 14.5. The second kappa shape index (κ2) is 16.7. The van der Waals surface area contributed by atoms with Crippen molar-refractivity contribution in [1.82, 2.24) is 5.32 Å². The topological polar surface area (TPSA) is 98.2 Å². The summed E-state index contributed by atoms with van der Waals surface area (Å²) in [5.74, 6) is -0.553. The molecule has 5 N–H and O–H groups in total. The molecule has 0 saturated carbocycles. The van der Waals surface area contributed by atoms with Crippen molar-refractivity contribution in [3.05, 3.63) is 0 Å². The van der Waals surface area contributed by atoms with E-state index in [1.807, 2.05) is 0 Å². The third-order valence-electron chi connectivity index (χ3n) is 4.38. The van der Waals surface area contributed by atoms with Gasteiger partial charge in [0.1, 0.15) is 6.04 Å². The molecule has 0 aromatic heterocycles. The lowest BCUT2D eigenvalue weighted by Crippen LogP contribution is -2.44. The van der Waals surface area contributed by atoms with E-state index in [0.29, 0.717) is 25.8 Å². The number of hydrogen-bond donors (Lipinski definition) is 3. The van der Waals surface area contributed by atoms with Gasteiger partial charge in [-0.3, -0.25) is 9.59 Å². The van der Waals surface area contributed by atoms with Gasteiger partial charge < -0.3 is 16.8 Å². The minimum Gasteiger partial charge on any atom is -0.368 e. The second-order valence-corrected chi connectivity index (χ2v) is 6.74. The van der Waals surface area contributed by atoms with Crippen LogP contribution in [0.4, 0.5) is 0 Å². The smallest absolute Gasteiger partial charge is 0.240 e. The molecule has 2 amide bonds. The lowest BCUT2D eigenvalue weighted by Gasteiger charge is -2.14. The van der Waals surface area contributed by atoms with E-state index < -0.39 is 11.9 Å². The maximum absolute atomic E-state index is 11.8. The van der Waals surface area contributed by atoms with Crippen LogP contribution in [0.25, 0.3) is 0 Å². The Bertz CT molecular complexity index is 322. The van der Waals surface area contributed by atoms with Crippen LogP contribution in [-0.4, -0.2) is 24.4 Å². The lowest BCUT2D eigenvalue weighted by atomic mass is 10.0. The number of unbranched alkanes of at least 4 members (excludes halogenated alkanes) is 10. The third-order valence-corrected chi connectivity index (χ3v) is 4.38. The maximum Gasteiger partial charge on any atom is 0.240 e. The van der Waals surface area contributed by atoms with E-state index in [0.717, 1.165) is 12.8 Å². The Balaban J connectivity index is 3.49. The van der Waals surface area contributed by atoms with E-state index in [9.17, 15) is 9.59 Å². The zero-order valence-corrected chi connectivity index (χ0v) is 15.7. The van der Waals surface area contributed by atoms with Gasteiger partial charge in [-0.1, -0.05) is 71.1 Å². The van der Waals surface area contributed by atoms with Gasteiger partial charge in [0, 0.05) is 6.42 Å². The standard InChI is InChI=1S/C19H39N3O2/c1-2-3-4-5-6-7-8-9-10-11-12-15-18(23)22-17(19(21)24)14-13-16-20/h17H,2-16,20H2,1H3,(H2,21,24)(H,22,23)/t17-/m0/s1. The molecule has 5 heteroatoms. The van der Waals surface area contributed by atoms with E-state index in [2.05, 4.69) is 12.2 Å². The van der Waals surface area contributed by atoms with Gasteiger partial charge >= 0.3 is 0 Å². The van der Waals surface area contributed by atoms with E-state index in [1.54, 1.807) is 0 Å². The van der Waals surface area contributed by atoms with Crippen LogP contribution >= 0.6 is 0 Å². The number of rotatable bonds is 17. The van der Waals surface area contributed by atoms with E-state index in [1.165, 1.54) is 57.8 Å². The SMILES string of the molecule is CCCCCCCCCCCCCC(=O)N[C@@H](CCCN)C(N)=O. The van der Waals surface area contributed by atoms with Gasteiger partial charge in [-0.05, 0) is 25.8 Å². The minimum atomic E-state index is -0.575. The van der Waals surface area contributed by atoms with Gasteiger partial charge in [0.25, 0.3) is 0 Å². The molecule has 0 aliphatic carbocycles. The largest absolute Gasteiger partial charge is 0.368 e. The highest BCUT2D eigenvalue weighted by Gasteiger charge is 2.16. The number of carbonyl (C=O) groups excluding carboxylic acids is 2. The molecule has 0 unspecified atom stereocenters. The molecule has 0 bridgehead atoms. The molecule has 0 spiro atoms. The zero-order chi connectivity index (χ0) is 18.0. The Morgan fingerprint density at radius 3 is 1.79 bits per heavy atom. The molecule has 5 nitrogen and oxygen atoms in total. The van der Waals surface area contributed by atoms with Crippen LogP contribution in [0.5, 0.6) is 0 Å². The van der Waals surface area contributed by atoms with E-state index >= 15 is 0 Å². The van der Waals surface area contributed by atoms with Gasteiger partial charge in [0.2, 0.25) is 11.8 Å². The molecule has 1 atom stereocenters. The molecule has 0 saturated heterocycles. The molecule has 0 aliphatic heterocycles. The van der Waals surface area contributed by atoms with Gasteiger partial charge in [0.15, 0.2) is 0 Å². The quantitative estimate of drug-likeness (QED) is 0.354. The highest BCUT2D eigenvalue weighted by Crippen LogP contribution is 2.12. The fourth-order valence-electron chi connectivity index (χ4n) is 2.82. The summed E-state index contributed by atoms with van der Waals surface area (Å²) >= 11 is 0. The van der Waals surface area contributed by atoms with Crippen LogP contribution in [0.1, 0.15) is 96.8 Å². The summed E-state index contributed by atoms with van der Waals surface area (Å²) in [7, 11) is 0. The van der Waals surface area contributed by atoms with Crippen molar-refractivity contribution >= 4 is 11.8 Å². The van der Waals surface area contributed by atoms with Gasteiger partial charge in [0.05, 0.1) is 0 Å². The van der Waals surface area contributed by atoms with Crippen molar-refractivity contribution in [3.63, 3.8) is 0 Å². The van der Waals surface area contributed by atoms with Crippen molar-refractivity contribution < 1.29 is 9.59 Å². The average Bonchev–Trinajstić information content (AvgIpc) is 2.56. The van der Waals surface area contributed by atoms with Crippen LogP contribution < -0.4 is 16.8 Å². The molecule has 0 fully saturated rings. The molecular formula is C19H39N3O2. The minimum absolute atomic E-state index is 0.0771. The summed E-state index contributed by atoms with van der Waals surface area (Å²) in [6, 6.07) is -0.575. The van der Waals surface area contributed by atoms with Crippen LogP contribution in [0.2, 0.25) is 0 Å². The Morgan fingerprint density at radius 2 is 1.33 bits per heavy atom. The van der Waals surface area contributed by atoms with Crippen molar-refractivity contribution in [2.24, 2.45) is 11.5 Å². The highest BCUT2D eigenvalue weighted by molar-refractivity contribution is 5.86. The summed E-state index contributed by atoms with van der Waals surface area (Å²) in [6.07, 6.45) is 15.5. The van der Waals surface area contributed by atoms with Crippen LogP contribution in [-0.2, 0) is 9.59 Å². The summed E-state index contributed by atoms with van der Waals surface area (Å²) in [5.41, 5.74) is 10.7. The van der Waals surface area contributed by atoms with Crippen LogP contribution in [0.15, 0.2) is 0 Å². The predicted octanol–water partition coefficient (Wildman–Crippen LogP) is 3.40. The Labute approximate surface area is 148 Å². The Kier molecular flexibility index (Phi) is 16.0. The van der Waals surface area contributed by atoms with Gasteiger partial charge in [-0.15, -0.1) is 0 Å². The average molecular weight is 342 g/mol. The Hall–Kier alpha value is -1.10. The van der Waals surface area contributed by atoms with Gasteiger partial charge in [-0.2, -0.15) is 0 Å². The first kappa shape index (κ1) is 22.9. The molecule has 142 valence electrons. The molecule has 24 heavy (non-hydrogen) atoms. The number of nitrogens with two attached hydrogens (primary N) is 2. The summed E-state index contributed by atoms with van der Waals surface area (Å²) in [6.45, 7) is 2.74. The van der Waals surface area contributed by atoms with Crippen molar-refractivity contribution in [2.45, 2.75) is 103 Å². The van der Waals surface area contributed by atoms with Crippen molar-refractivity contribution in [2.75, 3.05) is 6.54 Å². The first-order valence-electron chi connectivity index (χ1n) is 9.90. The molecule has 0 aromatic carbocycles. The zero-order valence-electron chi connectivity index (χ0n) is 15.7. The predicted molar refractivity (Wildman–Crippen MR) is 100 cm³/mol. The van der Waals surface area contributed by atoms with Crippen molar-refractivity contribution in [3.8, 4) is 0 Å². The molecule has 0 radical (unpaired) electrons. The summed E-state index contributed by atoms with van der Waals surface area (Å²) in [5, 5.41) is 2.72. The first-order chi connectivity index (χ1) is 11.6. The summed E-state index contributed by atoms with van der Waals surface area (Å²) < 4.78 is 0. The number of nitrogens with one attached hydrogen (secondary N) is 1. The summed E-state index contributed by atoms with van der Waals surface area (Å²) in [4.78, 5) is 23.1. The number of hydrogen-bond acceptors (Lipinski definition) is 3. The molecular weight excluding hydrogens is 302 g/mol. The highest BCUT2D eigenvalue weighted by atomic mass is 16.2. The van der Waals surface area contributed by atoms with Crippen LogP contribution in [0.3, 0.4) is 0 Å². The van der Waals surface area contributed by atoms with Crippen LogP contribution in [0, 0.1) is 0 Å². The molecule has 0 aromatic rings. The van der Waals surface area contributed by atoms with E-state index in [4.69, 9.17) is 11.5 Å². The lowest BCUT2D eigenvalue weighted by molar-refractivity contribution is -0.127. The number of primary amides is 1. The molecule has 0 aliphatic rings. The number of amides is 2. The fraction of sp³-hybridized carbons (Fsp3) is 0.895. The van der Waals surface area contributed by atoms with E-state index in [-0.39, 0.29) is 5.91 Å². The monoisotopic (exact) mass is 341 g/mol. The van der Waals surface area contributed by atoms with Gasteiger partial charge in [-0.25, -0.2) is 0 Å². The molecule has 0 heterocycles. The normalized spacial score (nSPS) is 12.1. The second-order valence-electron chi connectivity index (χ2n) is 6.74.